The average Bonchev–Trinajstić information content (AvgIpc) is 3.09. The standard InChI is InChI=1S/C16H14N4O2S2/c1-3-8-20-14(22)13(9-11-4-6-12(21)7-5-11)24-16(20)17-15-19-18-10(2)23-15/h3-7,9,21H,1,8H2,2H3/b13-9+,17-16?. The van der Waals surface area contributed by atoms with Crippen LogP contribution >= 0.6 is 23.1 Å². The van der Waals surface area contributed by atoms with Crippen molar-refractivity contribution < 1.29 is 9.90 Å². The lowest BCUT2D eigenvalue weighted by Gasteiger charge is -2.11. The van der Waals surface area contributed by atoms with Crippen molar-refractivity contribution in [3.05, 3.63) is 52.4 Å². The lowest BCUT2D eigenvalue weighted by Crippen LogP contribution is -2.29. The summed E-state index contributed by atoms with van der Waals surface area (Å²) in [5, 5.41) is 19.1. The van der Waals surface area contributed by atoms with Gasteiger partial charge in [0.05, 0.1) is 4.91 Å². The molecule has 0 atom stereocenters. The third-order valence-electron chi connectivity index (χ3n) is 3.10. The van der Waals surface area contributed by atoms with Crippen molar-refractivity contribution in [3.8, 4) is 5.75 Å². The first-order valence-corrected chi connectivity index (χ1v) is 8.70. The first-order chi connectivity index (χ1) is 11.6. The van der Waals surface area contributed by atoms with Gasteiger partial charge in [0.2, 0.25) is 5.13 Å². The number of hydrogen-bond acceptors (Lipinski definition) is 7. The van der Waals surface area contributed by atoms with Gasteiger partial charge >= 0.3 is 0 Å². The Morgan fingerprint density at radius 2 is 2.08 bits per heavy atom. The molecule has 2 aromatic rings. The highest BCUT2D eigenvalue weighted by atomic mass is 32.2. The molecule has 6 nitrogen and oxygen atoms in total. The van der Waals surface area contributed by atoms with E-state index in [1.54, 1.807) is 41.3 Å². The fraction of sp³-hybridized carbons (Fsp3) is 0.125. The second-order valence-electron chi connectivity index (χ2n) is 4.90. The monoisotopic (exact) mass is 358 g/mol. The summed E-state index contributed by atoms with van der Waals surface area (Å²) in [7, 11) is 0. The van der Waals surface area contributed by atoms with E-state index in [1.165, 1.54) is 23.1 Å². The predicted molar refractivity (Wildman–Crippen MR) is 97.3 cm³/mol. The van der Waals surface area contributed by atoms with E-state index in [9.17, 15) is 9.90 Å². The molecule has 2 heterocycles. The molecule has 8 heteroatoms. The lowest BCUT2D eigenvalue weighted by atomic mass is 10.2. The molecule has 1 fully saturated rings. The second kappa shape index (κ2) is 6.98. The normalized spacial score (nSPS) is 17.9. The van der Waals surface area contributed by atoms with Crippen LogP contribution in [0, 0.1) is 6.92 Å². The Bertz CT molecular complexity index is 840. The third kappa shape index (κ3) is 3.55. The zero-order valence-corrected chi connectivity index (χ0v) is 14.5. The van der Waals surface area contributed by atoms with Crippen LogP contribution in [0.3, 0.4) is 0 Å². The minimum absolute atomic E-state index is 0.132. The molecule has 0 aliphatic carbocycles. The van der Waals surface area contributed by atoms with Gasteiger partial charge in [0.15, 0.2) is 5.17 Å². The van der Waals surface area contributed by atoms with Crippen molar-refractivity contribution >= 4 is 45.4 Å². The highest BCUT2D eigenvalue weighted by Crippen LogP contribution is 2.34. The van der Waals surface area contributed by atoms with Gasteiger partial charge in [-0.05, 0) is 42.5 Å². The molecular weight excluding hydrogens is 344 g/mol. The Kier molecular flexibility index (Phi) is 4.77. The second-order valence-corrected chi connectivity index (χ2v) is 7.07. The summed E-state index contributed by atoms with van der Waals surface area (Å²) in [5.41, 5.74) is 0.829. The van der Waals surface area contributed by atoms with Gasteiger partial charge in [-0.25, -0.2) is 0 Å². The number of amides is 1. The van der Waals surface area contributed by atoms with Gasteiger partial charge in [-0.3, -0.25) is 9.69 Å². The van der Waals surface area contributed by atoms with E-state index in [4.69, 9.17) is 0 Å². The Morgan fingerprint density at radius 3 is 2.71 bits per heavy atom. The van der Waals surface area contributed by atoms with Crippen molar-refractivity contribution in [1.29, 1.82) is 0 Å². The Hall–Kier alpha value is -2.45. The van der Waals surface area contributed by atoms with Gasteiger partial charge < -0.3 is 5.11 Å². The number of phenols is 1. The number of aromatic hydroxyl groups is 1. The van der Waals surface area contributed by atoms with E-state index in [2.05, 4.69) is 21.8 Å². The topological polar surface area (TPSA) is 78.7 Å². The van der Waals surface area contributed by atoms with E-state index in [1.807, 2.05) is 6.92 Å². The number of rotatable bonds is 4. The number of amidine groups is 1. The minimum atomic E-state index is -0.132. The molecule has 1 amide bonds. The number of carbonyl (C=O) groups is 1. The zero-order chi connectivity index (χ0) is 17.1. The number of carbonyl (C=O) groups excluding carboxylic acids is 1. The van der Waals surface area contributed by atoms with Crippen LogP contribution in [-0.4, -0.2) is 37.8 Å². The summed E-state index contributed by atoms with van der Waals surface area (Å²) in [6.45, 7) is 5.92. The molecule has 1 aliphatic rings. The molecule has 122 valence electrons. The Balaban J connectivity index is 1.93. The summed E-state index contributed by atoms with van der Waals surface area (Å²) in [5.74, 6) is 0.0534. The summed E-state index contributed by atoms with van der Waals surface area (Å²) >= 11 is 2.65. The maximum absolute atomic E-state index is 12.6. The molecule has 1 N–H and O–H groups in total. The maximum Gasteiger partial charge on any atom is 0.267 e. The number of benzene rings is 1. The molecule has 0 saturated carbocycles. The first kappa shape index (κ1) is 16.4. The predicted octanol–water partition coefficient (Wildman–Crippen LogP) is 3.34. The fourth-order valence-electron chi connectivity index (χ4n) is 2.02. The number of nitrogens with zero attached hydrogens (tertiary/aromatic N) is 4. The smallest absolute Gasteiger partial charge is 0.267 e. The molecule has 0 bridgehead atoms. The van der Waals surface area contributed by atoms with Crippen LogP contribution in [0.1, 0.15) is 10.6 Å². The van der Waals surface area contributed by atoms with Crippen LogP contribution in [0.2, 0.25) is 0 Å². The van der Waals surface area contributed by atoms with Crippen molar-refractivity contribution in [3.63, 3.8) is 0 Å². The highest BCUT2D eigenvalue weighted by Gasteiger charge is 2.32. The number of aliphatic imine (C=N–C) groups is 1. The van der Waals surface area contributed by atoms with Crippen molar-refractivity contribution in [2.45, 2.75) is 6.92 Å². The first-order valence-electron chi connectivity index (χ1n) is 7.07. The van der Waals surface area contributed by atoms with E-state index >= 15 is 0 Å². The van der Waals surface area contributed by atoms with Gasteiger partial charge in [0, 0.05) is 6.54 Å². The van der Waals surface area contributed by atoms with Crippen LogP contribution in [0.5, 0.6) is 5.75 Å². The summed E-state index contributed by atoms with van der Waals surface area (Å²) in [6.07, 6.45) is 3.43. The van der Waals surface area contributed by atoms with E-state index < -0.39 is 0 Å². The van der Waals surface area contributed by atoms with Crippen LogP contribution in [-0.2, 0) is 4.79 Å². The third-order valence-corrected chi connectivity index (χ3v) is 4.84. The molecule has 1 aromatic carbocycles. The van der Waals surface area contributed by atoms with E-state index in [-0.39, 0.29) is 11.7 Å². The minimum Gasteiger partial charge on any atom is -0.508 e. The molecule has 0 unspecified atom stereocenters. The molecular formula is C16H14N4O2S2. The van der Waals surface area contributed by atoms with Gasteiger partial charge in [0.25, 0.3) is 5.91 Å². The van der Waals surface area contributed by atoms with E-state index in [0.717, 1.165) is 10.6 Å². The van der Waals surface area contributed by atoms with Crippen molar-refractivity contribution in [1.82, 2.24) is 15.1 Å². The lowest BCUT2D eigenvalue weighted by molar-refractivity contribution is -0.121. The molecule has 0 radical (unpaired) electrons. The molecule has 24 heavy (non-hydrogen) atoms. The number of thioether (sulfide) groups is 1. The Labute approximate surface area is 147 Å². The van der Waals surface area contributed by atoms with Gasteiger partial charge in [0.1, 0.15) is 10.8 Å². The van der Waals surface area contributed by atoms with Crippen LogP contribution in [0.25, 0.3) is 6.08 Å². The van der Waals surface area contributed by atoms with Gasteiger partial charge in [-0.2, -0.15) is 4.99 Å². The molecule has 1 aliphatic heterocycles. The number of phenolic OH excluding ortho intramolecular Hbond substituents is 1. The van der Waals surface area contributed by atoms with Crippen LogP contribution in [0.15, 0.2) is 46.8 Å². The molecule has 1 saturated heterocycles. The molecule has 1 aromatic heterocycles. The fourth-order valence-corrected chi connectivity index (χ4v) is 3.62. The van der Waals surface area contributed by atoms with Crippen molar-refractivity contribution in [2.24, 2.45) is 4.99 Å². The molecule has 3 rings (SSSR count). The van der Waals surface area contributed by atoms with E-state index in [0.29, 0.717) is 21.7 Å². The zero-order valence-electron chi connectivity index (χ0n) is 12.8. The van der Waals surface area contributed by atoms with Crippen LogP contribution in [0.4, 0.5) is 5.13 Å². The number of aromatic nitrogens is 2. The van der Waals surface area contributed by atoms with Crippen molar-refractivity contribution in [2.75, 3.05) is 6.54 Å². The summed E-state index contributed by atoms with van der Waals surface area (Å²) in [4.78, 5) is 19.1. The summed E-state index contributed by atoms with van der Waals surface area (Å²) in [6, 6.07) is 6.66. The largest absolute Gasteiger partial charge is 0.508 e. The Morgan fingerprint density at radius 1 is 1.33 bits per heavy atom. The quantitative estimate of drug-likeness (QED) is 0.670. The number of aryl methyl sites for hydroxylation is 1. The highest BCUT2D eigenvalue weighted by molar-refractivity contribution is 8.18. The van der Waals surface area contributed by atoms with Gasteiger partial charge in [-0.15, -0.1) is 16.8 Å². The maximum atomic E-state index is 12.6. The number of hydrogen-bond donors (Lipinski definition) is 1. The van der Waals surface area contributed by atoms with Crippen LogP contribution < -0.4 is 0 Å². The molecule has 0 spiro atoms. The summed E-state index contributed by atoms with van der Waals surface area (Å²) < 4.78 is 0. The van der Waals surface area contributed by atoms with Gasteiger partial charge in [-0.1, -0.05) is 29.5 Å². The SMILES string of the molecule is C=CCN1C(=O)/C(=C\c2ccc(O)cc2)SC1=Nc1nnc(C)s1. The average molecular weight is 358 g/mol.